The normalized spacial score (nSPS) is 23.9. The fraction of sp³-hybridized carbons (Fsp3) is 0.533. The van der Waals surface area contributed by atoms with Crippen molar-refractivity contribution >= 4 is 21.8 Å². The van der Waals surface area contributed by atoms with Gasteiger partial charge in [-0.05, 0) is 40.5 Å². The Morgan fingerprint density at radius 2 is 2.10 bits per heavy atom. The fourth-order valence-electron chi connectivity index (χ4n) is 2.58. The third-order valence-electron chi connectivity index (χ3n) is 4.18. The lowest BCUT2D eigenvalue weighted by Crippen LogP contribution is -2.61. The van der Waals surface area contributed by atoms with E-state index in [1.807, 2.05) is 0 Å². The molecule has 4 nitrogen and oxygen atoms in total. The van der Waals surface area contributed by atoms with Crippen molar-refractivity contribution < 1.29 is 14.3 Å². The van der Waals surface area contributed by atoms with E-state index in [0.717, 1.165) is 10.9 Å². The molecule has 2 atom stereocenters. The molecule has 0 heterocycles. The highest BCUT2D eigenvalue weighted by molar-refractivity contribution is 9.10. The van der Waals surface area contributed by atoms with Gasteiger partial charge in [-0.3, -0.25) is 4.79 Å². The average molecular weight is 342 g/mol. The molecular weight excluding hydrogens is 322 g/mol. The second-order valence-electron chi connectivity index (χ2n) is 5.66. The average Bonchev–Trinajstić information content (AvgIpc) is 2.42. The number of methoxy groups -OCH3 is 2. The molecule has 2 rings (SSSR count). The van der Waals surface area contributed by atoms with Crippen LogP contribution in [0.5, 0.6) is 5.75 Å². The van der Waals surface area contributed by atoms with Crippen molar-refractivity contribution in [1.82, 2.24) is 5.32 Å². The molecule has 0 aliphatic heterocycles. The molecule has 1 saturated carbocycles. The van der Waals surface area contributed by atoms with Gasteiger partial charge in [0.05, 0.1) is 17.7 Å². The van der Waals surface area contributed by atoms with Crippen molar-refractivity contribution in [3.05, 3.63) is 28.2 Å². The molecule has 0 radical (unpaired) electrons. The predicted octanol–water partition coefficient (Wildman–Crippen LogP) is 3.00. The molecule has 0 bridgehead atoms. The molecule has 0 spiro atoms. The summed E-state index contributed by atoms with van der Waals surface area (Å²) in [7, 11) is 3.31. The molecular formula is C15H20BrNO3. The van der Waals surface area contributed by atoms with Crippen LogP contribution in [0.15, 0.2) is 22.7 Å². The van der Waals surface area contributed by atoms with Gasteiger partial charge < -0.3 is 14.8 Å². The van der Waals surface area contributed by atoms with E-state index in [-0.39, 0.29) is 23.5 Å². The first-order valence-corrected chi connectivity index (χ1v) is 7.36. The van der Waals surface area contributed by atoms with Crippen LogP contribution >= 0.6 is 15.9 Å². The van der Waals surface area contributed by atoms with Gasteiger partial charge in [0.25, 0.3) is 5.91 Å². The highest BCUT2D eigenvalue weighted by Crippen LogP contribution is 2.42. The maximum Gasteiger partial charge on any atom is 0.251 e. The quantitative estimate of drug-likeness (QED) is 0.915. The summed E-state index contributed by atoms with van der Waals surface area (Å²) in [6.07, 6.45) is 1.06. The van der Waals surface area contributed by atoms with Crippen LogP contribution in [0, 0.1) is 5.41 Å². The summed E-state index contributed by atoms with van der Waals surface area (Å²) in [6, 6.07) is 5.45. The molecule has 1 amide bonds. The molecule has 0 aromatic heterocycles. The second kappa shape index (κ2) is 5.74. The van der Waals surface area contributed by atoms with E-state index in [0.29, 0.717) is 11.3 Å². The lowest BCUT2D eigenvalue weighted by atomic mass is 9.64. The van der Waals surface area contributed by atoms with E-state index < -0.39 is 0 Å². The van der Waals surface area contributed by atoms with E-state index >= 15 is 0 Å². The van der Waals surface area contributed by atoms with E-state index in [9.17, 15) is 4.79 Å². The van der Waals surface area contributed by atoms with Crippen LogP contribution in [-0.4, -0.2) is 32.3 Å². The third kappa shape index (κ3) is 2.69. The lowest BCUT2D eigenvalue weighted by Gasteiger charge is -2.51. The van der Waals surface area contributed by atoms with Crippen LogP contribution in [0.1, 0.15) is 30.6 Å². The third-order valence-corrected chi connectivity index (χ3v) is 4.80. The summed E-state index contributed by atoms with van der Waals surface area (Å²) in [4.78, 5) is 12.3. The van der Waals surface area contributed by atoms with Crippen molar-refractivity contribution in [3.8, 4) is 5.75 Å². The predicted molar refractivity (Wildman–Crippen MR) is 81.1 cm³/mol. The first-order chi connectivity index (χ1) is 9.40. The monoisotopic (exact) mass is 341 g/mol. The number of hydrogen-bond donors (Lipinski definition) is 1. The van der Waals surface area contributed by atoms with Crippen molar-refractivity contribution in [2.45, 2.75) is 32.4 Å². The molecule has 1 N–H and O–H groups in total. The van der Waals surface area contributed by atoms with Gasteiger partial charge in [-0.1, -0.05) is 13.8 Å². The summed E-state index contributed by atoms with van der Waals surface area (Å²) in [6.45, 7) is 4.22. The van der Waals surface area contributed by atoms with Crippen LogP contribution in [0.25, 0.3) is 0 Å². The minimum atomic E-state index is -0.0685. The molecule has 20 heavy (non-hydrogen) atoms. The number of rotatable bonds is 4. The Labute approximate surface area is 128 Å². The van der Waals surface area contributed by atoms with E-state index in [1.165, 1.54) is 0 Å². The van der Waals surface area contributed by atoms with E-state index in [4.69, 9.17) is 9.47 Å². The molecule has 0 saturated heterocycles. The van der Waals surface area contributed by atoms with Crippen LogP contribution in [0.2, 0.25) is 0 Å². The molecule has 5 heteroatoms. The number of halogens is 1. The highest BCUT2D eigenvalue weighted by Gasteiger charge is 2.49. The maximum absolute atomic E-state index is 12.3. The smallest absolute Gasteiger partial charge is 0.251 e. The number of benzene rings is 1. The van der Waals surface area contributed by atoms with Gasteiger partial charge in [0, 0.05) is 24.1 Å². The number of carbonyl (C=O) groups excluding carboxylic acids is 1. The molecule has 1 aromatic rings. The van der Waals surface area contributed by atoms with E-state index in [2.05, 4.69) is 35.1 Å². The second-order valence-corrected chi connectivity index (χ2v) is 6.51. The van der Waals surface area contributed by atoms with Gasteiger partial charge in [-0.2, -0.15) is 0 Å². The summed E-state index contributed by atoms with van der Waals surface area (Å²) >= 11 is 3.39. The van der Waals surface area contributed by atoms with Crippen LogP contribution in [-0.2, 0) is 4.74 Å². The number of nitrogens with one attached hydrogen (secondary N) is 1. The van der Waals surface area contributed by atoms with Crippen molar-refractivity contribution in [3.63, 3.8) is 0 Å². The van der Waals surface area contributed by atoms with Crippen LogP contribution < -0.4 is 10.1 Å². The molecule has 1 fully saturated rings. The first-order valence-electron chi connectivity index (χ1n) is 6.57. The summed E-state index contributed by atoms with van der Waals surface area (Å²) in [5, 5.41) is 3.07. The van der Waals surface area contributed by atoms with Crippen molar-refractivity contribution in [1.29, 1.82) is 0 Å². The number of hydrogen-bond acceptors (Lipinski definition) is 3. The maximum atomic E-state index is 12.3. The Balaban J connectivity index is 2.05. The fourth-order valence-corrected chi connectivity index (χ4v) is 3.12. The zero-order chi connectivity index (χ0) is 14.9. The summed E-state index contributed by atoms with van der Waals surface area (Å²) in [5.74, 6) is 0.644. The Kier molecular flexibility index (Phi) is 4.39. The van der Waals surface area contributed by atoms with Gasteiger partial charge in [0.1, 0.15) is 5.75 Å². The molecule has 1 aliphatic rings. The number of carbonyl (C=O) groups is 1. The topological polar surface area (TPSA) is 47.6 Å². The SMILES string of the molecule is COc1ccc(C(=O)NC2CC(OC)C2(C)C)cc1Br. The van der Waals surface area contributed by atoms with Crippen LogP contribution in [0.4, 0.5) is 0 Å². The Morgan fingerprint density at radius 1 is 1.40 bits per heavy atom. The van der Waals surface area contributed by atoms with Gasteiger partial charge in [-0.15, -0.1) is 0 Å². The largest absolute Gasteiger partial charge is 0.496 e. The summed E-state index contributed by atoms with van der Waals surface area (Å²) < 4.78 is 11.3. The molecule has 1 aromatic carbocycles. The minimum absolute atomic E-state index is 0.0336. The zero-order valence-electron chi connectivity index (χ0n) is 12.2. The van der Waals surface area contributed by atoms with Crippen LogP contribution in [0.3, 0.4) is 0 Å². The van der Waals surface area contributed by atoms with Crippen molar-refractivity contribution in [2.24, 2.45) is 5.41 Å². The van der Waals surface area contributed by atoms with Gasteiger partial charge >= 0.3 is 0 Å². The first kappa shape index (κ1) is 15.3. The zero-order valence-corrected chi connectivity index (χ0v) is 13.8. The standard InChI is InChI=1S/C15H20BrNO3/c1-15(2)12(8-13(15)20-4)17-14(18)9-5-6-11(19-3)10(16)7-9/h5-7,12-13H,8H2,1-4H3,(H,17,18). The molecule has 2 unspecified atom stereocenters. The Hall–Kier alpha value is -1.07. The lowest BCUT2D eigenvalue weighted by molar-refractivity contribution is -0.0942. The Morgan fingerprint density at radius 3 is 2.60 bits per heavy atom. The highest BCUT2D eigenvalue weighted by atomic mass is 79.9. The Bertz CT molecular complexity index is 516. The van der Waals surface area contributed by atoms with Gasteiger partial charge in [0.2, 0.25) is 0 Å². The number of ether oxygens (including phenoxy) is 2. The van der Waals surface area contributed by atoms with Crippen molar-refractivity contribution in [2.75, 3.05) is 14.2 Å². The van der Waals surface area contributed by atoms with Gasteiger partial charge in [-0.25, -0.2) is 0 Å². The number of amides is 1. The van der Waals surface area contributed by atoms with E-state index in [1.54, 1.807) is 32.4 Å². The molecule has 1 aliphatic carbocycles. The minimum Gasteiger partial charge on any atom is -0.496 e. The summed E-state index contributed by atoms with van der Waals surface area (Å²) in [5.41, 5.74) is 0.586. The molecule has 110 valence electrons. The van der Waals surface area contributed by atoms with Gasteiger partial charge in [0.15, 0.2) is 0 Å².